The van der Waals surface area contributed by atoms with E-state index >= 15 is 0 Å². The minimum atomic E-state index is 0.120. The smallest absolute Gasteiger partial charge is 0.0594 e. The maximum Gasteiger partial charge on any atom is 0.0594 e. The molecular formula is C18H21BrClN. The topological polar surface area (TPSA) is 12.0 Å². The van der Waals surface area contributed by atoms with Crippen LogP contribution in [0.2, 0.25) is 5.02 Å². The fourth-order valence-corrected chi connectivity index (χ4v) is 3.10. The zero-order chi connectivity index (χ0) is 15.4. The van der Waals surface area contributed by atoms with E-state index in [9.17, 15) is 0 Å². The number of aryl methyl sites for hydroxylation is 1. The molecule has 0 amide bonds. The fraction of sp³-hybridized carbons (Fsp3) is 0.333. The van der Waals surface area contributed by atoms with Crippen molar-refractivity contribution in [2.24, 2.45) is 0 Å². The Morgan fingerprint density at radius 3 is 2.62 bits per heavy atom. The average Bonchev–Trinajstić information content (AvgIpc) is 2.47. The molecule has 1 atom stereocenters. The van der Waals surface area contributed by atoms with E-state index in [4.69, 9.17) is 11.6 Å². The lowest BCUT2D eigenvalue weighted by molar-refractivity contribution is 0.596. The largest absolute Gasteiger partial charge is 0.306 e. The van der Waals surface area contributed by atoms with E-state index in [-0.39, 0.29) is 6.04 Å². The van der Waals surface area contributed by atoms with Crippen molar-refractivity contribution >= 4 is 27.5 Å². The standard InChI is InChI=1S/C18H21BrClN/c1-4-10-21-18(15-7-5-6-12(2)13(15)3)16-11-14(19)8-9-17(16)20/h5-9,11,18,21H,4,10H2,1-3H3. The van der Waals surface area contributed by atoms with Gasteiger partial charge in [0, 0.05) is 9.50 Å². The molecule has 0 saturated carbocycles. The van der Waals surface area contributed by atoms with Crippen molar-refractivity contribution < 1.29 is 0 Å². The van der Waals surface area contributed by atoms with E-state index in [1.165, 1.54) is 16.7 Å². The lowest BCUT2D eigenvalue weighted by atomic mass is 9.92. The summed E-state index contributed by atoms with van der Waals surface area (Å²) in [7, 11) is 0. The molecule has 1 unspecified atom stereocenters. The maximum atomic E-state index is 6.45. The average molecular weight is 367 g/mol. The molecule has 0 heterocycles. The minimum absolute atomic E-state index is 0.120. The van der Waals surface area contributed by atoms with Crippen LogP contribution in [-0.4, -0.2) is 6.54 Å². The molecule has 21 heavy (non-hydrogen) atoms. The summed E-state index contributed by atoms with van der Waals surface area (Å²) in [4.78, 5) is 0. The first-order valence-corrected chi connectivity index (χ1v) is 8.46. The summed E-state index contributed by atoms with van der Waals surface area (Å²) in [5, 5.41) is 4.43. The predicted octanol–water partition coefficient (Wildman–Crippen LogP) is 5.81. The van der Waals surface area contributed by atoms with Gasteiger partial charge >= 0.3 is 0 Å². The summed E-state index contributed by atoms with van der Waals surface area (Å²) in [6.07, 6.45) is 1.09. The molecule has 0 saturated heterocycles. The molecule has 0 spiro atoms. The summed E-state index contributed by atoms with van der Waals surface area (Å²) < 4.78 is 1.05. The summed E-state index contributed by atoms with van der Waals surface area (Å²) in [5.74, 6) is 0. The van der Waals surface area contributed by atoms with Gasteiger partial charge in [-0.25, -0.2) is 0 Å². The molecule has 3 heteroatoms. The van der Waals surface area contributed by atoms with E-state index in [1.807, 2.05) is 12.1 Å². The highest BCUT2D eigenvalue weighted by Gasteiger charge is 2.19. The van der Waals surface area contributed by atoms with Crippen molar-refractivity contribution in [1.29, 1.82) is 0 Å². The molecule has 0 aliphatic carbocycles. The quantitative estimate of drug-likeness (QED) is 0.704. The number of hydrogen-bond acceptors (Lipinski definition) is 1. The van der Waals surface area contributed by atoms with E-state index < -0.39 is 0 Å². The van der Waals surface area contributed by atoms with E-state index in [1.54, 1.807) is 0 Å². The zero-order valence-corrected chi connectivity index (χ0v) is 15.1. The molecule has 0 aliphatic heterocycles. The van der Waals surface area contributed by atoms with Gasteiger partial charge in [-0.15, -0.1) is 0 Å². The van der Waals surface area contributed by atoms with Gasteiger partial charge in [-0.3, -0.25) is 0 Å². The summed E-state index contributed by atoms with van der Waals surface area (Å²) in [6, 6.07) is 12.6. The van der Waals surface area contributed by atoms with Gasteiger partial charge in [-0.05, 0) is 67.3 Å². The van der Waals surface area contributed by atoms with Crippen LogP contribution in [0.15, 0.2) is 40.9 Å². The zero-order valence-electron chi connectivity index (χ0n) is 12.7. The Balaban J connectivity index is 2.52. The molecule has 0 aliphatic rings. The van der Waals surface area contributed by atoms with Crippen molar-refractivity contribution in [1.82, 2.24) is 5.32 Å². The summed E-state index contributed by atoms with van der Waals surface area (Å²) in [6.45, 7) is 7.46. The molecule has 2 aromatic carbocycles. The molecule has 112 valence electrons. The van der Waals surface area contributed by atoms with Crippen LogP contribution in [-0.2, 0) is 0 Å². The first kappa shape index (κ1) is 16.5. The first-order chi connectivity index (χ1) is 10.0. The molecule has 0 fully saturated rings. The number of nitrogens with one attached hydrogen (secondary N) is 1. The molecule has 1 nitrogen and oxygen atoms in total. The number of benzene rings is 2. The van der Waals surface area contributed by atoms with Crippen molar-refractivity contribution in [3.05, 3.63) is 68.1 Å². The normalized spacial score (nSPS) is 12.4. The van der Waals surface area contributed by atoms with Gasteiger partial charge in [-0.2, -0.15) is 0 Å². The third kappa shape index (κ3) is 3.88. The SMILES string of the molecule is CCCNC(c1cc(Br)ccc1Cl)c1cccc(C)c1C. The van der Waals surface area contributed by atoms with Gasteiger partial charge < -0.3 is 5.32 Å². The van der Waals surface area contributed by atoms with Gasteiger partial charge in [0.25, 0.3) is 0 Å². The Morgan fingerprint density at radius 2 is 1.90 bits per heavy atom. The van der Waals surface area contributed by atoms with Gasteiger partial charge in [0.2, 0.25) is 0 Å². The van der Waals surface area contributed by atoms with Gasteiger partial charge in [0.15, 0.2) is 0 Å². The van der Waals surface area contributed by atoms with Crippen LogP contribution >= 0.6 is 27.5 Å². The number of halogens is 2. The number of rotatable bonds is 5. The predicted molar refractivity (Wildman–Crippen MR) is 95.2 cm³/mol. The van der Waals surface area contributed by atoms with E-state index in [2.05, 4.69) is 66.3 Å². The van der Waals surface area contributed by atoms with Crippen LogP contribution in [0, 0.1) is 13.8 Å². The second-order valence-corrected chi connectivity index (χ2v) is 6.66. The molecule has 1 N–H and O–H groups in total. The van der Waals surface area contributed by atoms with Crippen LogP contribution in [0.25, 0.3) is 0 Å². The van der Waals surface area contributed by atoms with Crippen LogP contribution in [0.4, 0.5) is 0 Å². The summed E-state index contributed by atoms with van der Waals surface area (Å²) >= 11 is 10.0. The van der Waals surface area contributed by atoms with Gasteiger partial charge in [0.1, 0.15) is 0 Å². The fourth-order valence-electron chi connectivity index (χ4n) is 2.50. The third-order valence-corrected chi connectivity index (χ3v) is 4.66. The second-order valence-electron chi connectivity index (χ2n) is 5.34. The van der Waals surface area contributed by atoms with Crippen LogP contribution in [0.3, 0.4) is 0 Å². The Bertz CT molecular complexity index is 623. The van der Waals surface area contributed by atoms with Gasteiger partial charge in [-0.1, -0.05) is 52.7 Å². The number of hydrogen-bond donors (Lipinski definition) is 1. The Kier molecular flexibility index (Phi) is 5.86. The minimum Gasteiger partial charge on any atom is -0.306 e. The van der Waals surface area contributed by atoms with Crippen molar-refractivity contribution in [2.75, 3.05) is 6.54 Å². The third-order valence-electron chi connectivity index (χ3n) is 3.83. The van der Waals surface area contributed by atoms with Crippen LogP contribution < -0.4 is 5.32 Å². The van der Waals surface area contributed by atoms with Crippen molar-refractivity contribution in [2.45, 2.75) is 33.2 Å². The Hall–Kier alpha value is -0.830. The highest BCUT2D eigenvalue weighted by molar-refractivity contribution is 9.10. The second kappa shape index (κ2) is 7.44. The highest BCUT2D eigenvalue weighted by atomic mass is 79.9. The molecule has 0 bridgehead atoms. The molecular weight excluding hydrogens is 346 g/mol. The van der Waals surface area contributed by atoms with Crippen LogP contribution in [0.1, 0.15) is 41.6 Å². The van der Waals surface area contributed by atoms with E-state index in [0.717, 1.165) is 28.0 Å². The van der Waals surface area contributed by atoms with Crippen molar-refractivity contribution in [3.8, 4) is 0 Å². The summed E-state index contributed by atoms with van der Waals surface area (Å²) in [5.41, 5.74) is 5.04. The molecule has 2 aromatic rings. The lowest BCUT2D eigenvalue weighted by Gasteiger charge is -2.23. The maximum absolute atomic E-state index is 6.45. The highest BCUT2D eigenvalue weighted by Crippen LogP contribution is 2.33. The van der Waals surface area contributed by atoms with E-state index in [0.29, 0.717) is 0 Å². The Morgan fingerprint density at radius 1 is 1.14 bits per heavy atom. The van der Waals surface area contributed by atoms with Crippen molar-refractivity contribution in [3.63, 3.8) is 0 Å². The van der Waals surface area contributed by atoms with Gasteiger partial charge in [0.05, 0.1) is 6.04 Å². The molecule has 2 rings (SSSR count). The Labute approximate surface area is 140 Å². The van der Waals surface area contributed by atoms with Crippen LogP contribution in [0.5, 0.6) is 0 Å². The molecule has 0 aromatic heterocycles. The lowest BCUT2D eigenvalue weighted by Crippen LogP contribution is -2.24. The first-order valence-electron chi connectivity index (χ1n) is 7.29. The monoisotopic (exact) mass is 365 g/mol. The molecule has 0 radical (unpaired) electrons.